The first-order valence-electron chi connectivity index (χ1n) is 5.68. The molecule has 0 radical (unpaired) electrons. The van der Waals surface area contributed by atoms with E-state index in [1.54, 1.807) is 12.1 Å². The molecular formula is C15H8F3NO2. The molecule has 0 heterocycles. The Hall–Kier alpha value is -2.94. The van der Waals surface area contributed by atoms with Crippen LogP contribution >= 0.6 is 0 Å². The fraction of sp³-hybridized carbons (Fsp3) is 0. The molecule has 2 N–H and O–H groups in total. The minimum absolute atomic E-state index is 0.249. The number of halogens is 3. The summed E-state index contributed by atoms with van der Waals surface area (Å²) in [5, 5.41) is 11.3. The number of anilines is 1. The molecule has 0 atom stereocenters. The molecule has 0 aromatic heterocycles. The average molecular weight is 291 g/mol. The van der Waals surface area contributed by atoms with Crippen LogP contribution in [0.2, 0.25) is 0 Å². The summed E-state index contributed by atoms with van der Waals surface area (Å²) < 4.78 is 39.7. The van der Waals surface area contributed by atoms with E-state index in [0.717, 1.165) is 0 Å². The van der Waals surface area contributed by atoms with Crippen LogP contribution in [-0.4, -0.2) is 11.0 Å². The van der Waals surface area contributed by atoms with E-state index in [9.17, 15) is 18.0 Å². The number of carbonyl (C=O) groups is 1. The van der Waals surface area contributed by atoms with Crippen molar-refractivity contribution in [3.05, 3.63) is 58.9 Å². The van der Waals surface area contributed by atoms with E-state index < -0.39 is 34.7 Å². The number of phenolic OH excluding ortho intramolecular Hbond substituents is 1. The van der Waals surface area contributed by atoms with Gasteiger partial charge in [0.1, 0.15) is 0 Å². The van der Waals surface area contributed by atoms with Crippen LogP contribution in [0.15, 0.2) is 30.3 Å². The molecule has 2 aromatic rings. The highest BCUT2D eigenvalue weighted by Crippen LogP contribution is 2.26. The lowest BCUT2D eigenvalue weighted by molar-refractivity contribution is 0.102. The van der Waals surface area contributed by atoms with Gasteiger partial charge in [-0.1, -0.05) is 12.0 Å². The highest BCUT2D eigenvalue weighted by atomic mass is 19.2. The van der Waals surface area contributed by atoms with Gasteiger partial charge in [0.15, 0.2) is 17.4 Å². The van der Waals surface area contributed by atoms with Crippen molar-refractivity contribution >= 4 is 11.6 Å². The second-order valence-electron chi connectivity index (χ2n) is 4.06. The zero-order valence-corrected chi connectivity index (χ0v) is 10.5. The van der Waals surface area contributed by atoms with E-state index in [1.807, 2.05) is 0 Å². The van der Waals surface area contributed by atoms with Crippen LogP contribution < -0.4 is 5.32 Å². The molecule has 0 unspecified atom stereocenters. The summed E-state index contributed by atoms with van der Waals surface area (Å²) in [5.74, 6) is -5.07. The fourth-order valence-corrected chi connectivity index (χ4v) is 1.64. The molecule has 0 aliphatic carbocycles. The largest absolute Gasteiger partial charge is 0.503 e. The molecule has 0 spiro atoms. The predicted molar refractivity (Wildman–Crippen MR) is 70.3 cm³/mol. The zero-order valence-electron chi connectivity index (χ0n) is 10.5. The molecule has 3 nitrogen and oxygen atoms in total. The Labute approximate surface area is 118 Å². The van der Waals surface area contributed by atoms with Gasteiger partial charge in [-0.05, 0) is 24.3 Å². The Morgan fingerprint density at radius 1 is 1.19 bits per heavy atom. The third kappa shape index (κ3) is 2.82. The van der Waals surface area contributed by atoms with Gasteiger partial charge in [0, 0.05) is 11.3 Å². The van der Waals surface area contributed by atoms with Gasteiger partial charge in [0.25, 0.3) is 5.91 Å². The van der Waals surface area contributed by atoms with Gasteiger partial charge >= 0.3 is 0 Å². The quantitative estimate of drug-likeness (QED) is 0.660. The maximum absolute atomic E-state index is 13.6. The topological polar surface area (TPSA) is 49.3 Å². The highest BCUT2D eigenvalue weighted by molar-refractivity contribution is 6.04. The zero-order chi connectivity index (χ0) is 15.6. The van der Waals surface area contributed by atoms with Crippen molar-refractivity contribution in [2.24, 2.45) is 0 Å². The monoisotopic (exact) mass is 291 g/mol. The number of phenols is 1. The molecule has 0 saturated carbocycles. The lowest BCUT2D eigenvalue weighted by Crippen LogP contribution is -2.15. The number of amides is 1. The van der Waals surface area contributed by atoms with Crippen molar-refractivity contribution in [3.8, 4) is 18.1 Å². The molecule has 0 bridgehead atoms. The molecule has 2 rings (SSSR count). The third-order valence-electron chi connectivity index (χ3n) is 2.66. The van der Waals surface area contributed by atoms with Crippen LogP contribution in [0.5, 0.6) is 5.75 Å². The van der Waals surface area contributed by atoms with Gasteiger partial charge in [-0.15, -0.1) is 6.42 Å². The third-order valence-corrected chi connectivity index (χ3v) is 2.66. The van der Waals surface area contributed by atoms with Crippen molar-refractivity contribution in [1.82, 2.24) is 0 Å². The minimum atomic E-state index is -1.75. The van der Waals surface area contributed by atoms with Crippen LogP contribution in [0, 0.1) is 29.8 Å². The van der Waals surface area contributed by atoms with Crippen LogP contribution in [0.3, 0.4) is 0 Å². The maximum Gasteiger partial charge on any atom is 0.258 e. The van der Waals surface area contributed by atoms with Crippen molar-refractivity contribution in [2.45, 2.75) is 0 Å². The highest BCUT2D eigenvalue weighted by Gasteiger charge is 2.22. The summed E-state index contributed by atoms with van der Waals surface area (Å²) in [6.07, 6.45) is 5.19. The first kappa shape index (κ1) is 14.5. The smallest absolute Gasteiger partial charge is 0.258 e. The fourth-order valence-electron chi connectivity index (χ4n) is 1.64. The van der Waals surface area contributed by atoms with Gasteiger partial charge in [-0.25, -0.2) is 8.78 Å². The molecular weight excluding hydrogens is 283 g/mol. The average Bonchev–Trinajstić information content (AvgIpc) is 2.48. The van der Waals surface area contributed by atoms with E-state index in [2.05, 4.69) is 11.2 Å². The lowest BCUT2D eigenvalue weighted by Gasteiger charge is -2.08. The van der Waals surface area contributed by atoms with Gasteiger partial charge in [0.2, 0.25) is 5.82 Å². The summed E-state index contributed by atoms with van der Waals surface area (Å²) in [6.45, 7) is 0. The molecule has 6 heteroatoms. The Kier molecular flexibility index (Phi) is 3.85. The molecule has 0 aliphatic heterocycles. The van der Waals surface area contributed by atoms with Crippen molar-refractivity contribution in [3.63, 3.8) is 0 Å². The van der Waals surface area contributed by atoms with E-state index >= 15 is 0 Å². The Morgan fingerprint density at radius 2 is 1.90 bits per heavy atom. The van der Waals surface area contributed by atoms with E-state index in [1.165, 1.54) is 12.1 Å². The number of terminal acetylenes is 1. The molecule has 1 amide bonds. The molecule has 2 aromatic carbocycles. The van der Waals surface area contributed by atoms with Crippen molar-refractivity contribution < 1.29 is 23.1 Å². The Balaban J connectivity index is 2.35. The number of aromatic hydroxyl groups is 1. The number of benzene rings is 2. The summed E-state index contributed by atoms with van der Waals surface area (Å²) in [4.78, 5) is 11.8. The molecule has 106 valence electrons. The summed E-state index contributed by atoms with van der Waals surface area (Å²) in [6, 6.07) is 6.46. The SMILES string of the molecule is C#Cc1cccc(NC(=O)c2cc(F)c(F)c(O)c2F)c1. The number of nitrogens with one attached hydrogen (secondary N) is 1. The summed E-state index contributed by atoms with van der Waals surface area (Å²) >= 11 is 0. The number of hydrogen-bond acceptors (Lipinski definition) is 2. The van der Waals surface area contributed by atoms with Crippen LogP contribution in [0.1, 0.15) is 15.9 Å². The van der Waals surface area contributed by atoms with Gasteiger partial charge in [-0.2, -0.15) is 4.39 Å². The number of rotatable bonds is 2. The normalized spacial score (nSPS) is 10.0. The molecule has 0 fully saturated rings. The first-order valence-corrected chi connectivity index (χ1v) is 5.68. The second-order valence-corrected chi connectivity index (χ2v) is 4.06. The van der Waals surface area contributed by atoms with Gasteiger partial charge < -0.3 is 10.4 Å². The lowest BCUT2D eigenvalue weighted by atomic mass is 10.1. The standard InChI is InChI=1S/C15H8F3NO2/c1-2-8-4-3-5-9(6-8)19-15(21)10-7-11(16)13(18)14(20)12(10)17/h1,3-7,20H,(H,19,21). The first-order chi connectivity index (χ1) is 9.93. The molecule has 21 heavy (non-hydrogen) atoms. The summed E-state index contributed by atoms with van der Waals surface area (Å²) in [7, 11) is 0. The molecule has 0 aliphatic rings. The van der Waals surface area contributed by atoms with Crippen LogP contribution in [-0.2, 0) is 0 Å². The van der Waals surface area contributed by atoms with Crippen LogP contribution in [0.25, 0.3) is 0 Å². The number of hydrogen-bond donors (Lipinski definition) is 2. The number of carbonyl (C=O) groups excluding carboxylic acids is 1. The van der Waals surface area contributed by atoms with E-state index in [-0.39, 0.29) is 5.69 Å². The summed E-state index contributed by atoms with van der Waals surface area (Å²) in [5.41, 5.74) is -0.0991. The van der Waals surface area contributed by atoms with E-state index in [4.69, 9.17) is 11.5 Å². The Morgan fingerprint density at radius 3 is 2.57 bits per heavy atom. The maximum atomic E-state index is 13.6. The van der Waals surface area contributed by atoms with Crippen molar-refractivity contribution in [2.75, 3.05) is 5.32 Å². The van der Waals surface area contributed by atoms with Crippen LogP contribution in [0.4, 0.5) is 18.9 Å². The Bertz CT molecular complexity index is 766. The van der Waals surface area contributed by atoms with Gasteiger partial charge in [-0.3, -0.25) is 4.79 Å². The van der Waals surface area contributed by atoms with Crippen molar-refractivity contribution in [1.29, 1.82) is 0 Å². The predicted octanol–water partition coefficient (Wildman–Crippen LogP) is 3.04. The minimum Gasteiger partial charge on any atom is -0.503 e. The van der Waals surface area contributed by atoms with Gasteiger partial charge in [0.05, 0.1) is 5.56 Å². The van der Waals surface area contributed by atoms with E-state index in [0.29, 0.717) is 11.6 Å². The second kappa shape index (κ2) is 5.59. The molecule has 0 saturated heterocycles.